The summed E-state index contributed by atoms with van der Waals surface area (Å²) in [5.74, 6) is -0.898. The normalized spacial score (nSPS) is 15.6. The second-order valence-electron chi connectivity index (χ2n) is 9.72. The van der Waals surface area contributed by atoms with Gasteiger partial charge in [0.25, 0.3) is 11.8 Å². The summed E-state index contributed by atoms with van der Waals surface area (Å²) in [6, 6.07) is 13.5. The van der Waals surface area contributed by atoms with Crippen LogP contribution in [0.15, 0.2) is 48.5 Å². The van der Waals surface area contributed by atoms with E-state index in [0.717, 1.165) is 41.0 Å². The van der Waals surface area contributed by atoms with Crippen molar-refractivity contribution in [2.75, 3.05) is 10.6 Å². The highest BCUT2D eigenvalue weighted by Crippen LogP contribution is 2.44. The smallest absolute Gasteiger partial charge is 0.259 e. The van der Waals surface area contributed by atoms with Crippen LogP contribution in [0.2, 0.25) is 0 Å². The minimum Gasteiger partial charge on any atom is -0.322 e. The van der Waals surface area contributed by atoms with Gasteiger partial charge < -0.3 is 10.6 Å². The molecule has 2 N–H and O–H groups in total. The summed E-state index contributed by atoms with van der Waals surface area (Å²) >= 11 is 1.44. The molecule has 1 atom stereocenters. The number of carbonyl (C=O) groups excluding carboxylic acids is 2. The van der Waals surface area contributed by atoms with E-state index in [9.17, 15) is 14.0 Å². The number of hydrogen-bond acceptors (Lipinski definition) is 3. The summed E-state index contributed by atoms with van der Waals surface area (Å²) in [5.41, 5.74) is 3.30. The van der Waals surface area contributed by atoms with Crippen LogP contribution in [0.3, 0.4) is 0 Å². The van der Waals surface area contributed by atoms with Crippen LogP contribution in [0.4, 0.5) is 15.1 Å². The fraction of sp³-hybridized carbons (Fsp3) is 0.333. The van der Waals surface area contributed by atoms with Gasteiger partial charge in [-0.3, -0.25) is 9.59 Å². The van der Waals surface area contributed by atoms with E-state index >= 15 is 0 Å². The molecule has 4 rings (SSSR count). The minimum absolute atomic E-state index is 0.0401. The zero-order valence-electron chi connectivity index (χ0n) is 19.4. The molecule has 0 saturated heterocycles. The Morgan fingerprint density at radius 3 is 2.39 bits per heavy atom. The van der Waals surface area contributed by atoms with Crippen molar-refractivity contribution < 1.29 is 14.0 Å². The molecular weight excluding hydrogens is 435 g/mol. The van der Waals surface area contributed by atoms with Gasteiger partial charge in [0.15, 0.2) is 0 Å². The number of carbonyl (C=O) groups is 2. The zero-order valence-corrected chi connectivity index (χ0v) is 20.2. The average molecular weight is 465 g/mol. The Morgan fingerprint density at radius 2 is 1.70 bits per heavy atom. The Labute approximate surface area is 198 Å². The molecule has 1 aliphatic carbocycles. The lowest BCUT2D eigenvalue weighted by Gasteiger charge is -2.33. The van der Waals surface area contributed by atoms with Crippen LogP contribution in [0, 0.1) is 24.1 Å². The summed E-state index contributed by atoms with van der Waals surface area (Å²) < 4.78 is 14.2. The topological polar surface area (TPSA) is 58.2 Å². The maximum absolute atomic E-state index is 14.2. The maximum Gasteiger partial charge on any atom is 0.259 e. The molecule has 0 saturated carbocycles. The quantitative estimate of drug-likeness (QED) is 0.443. The number of anilines is 2. The molecule has 0 radical (unpaired) electrons. The number of thiophene rings is 1. The third kappa shape index (κ3) is 4.86. The van der Waals surface area contributed by atoms with Crippen molar-refractivity contribution in [1.29, 1.82) is 0 Å². The molecule has 6 heteroatoms. The predicted octanol–water partition coefficient (Wildman–Crippen LogP) is 6.85. The van der Waals surface area contributed by atoms with Crippen LogP contribution < -0.4 is 10.6 Å². The Kier molecular flexibility index (Phi) is 6.39. The number of halogens is 1. The number of amides is 2. The molecule has 4 nitrogen and oxygen atoms in total. The first kappa shape index (κ1) is 23.2. The Balaban J connectivity index is 1.71. The van der Waals surface area contributed by atoms with Crippen LogP contribution in [0.1, 0.15) is 63.9 Å². The molecule has 0 bridgehead atoms. The number of aryl methyl sites for hydroxylation is 1. The number of fused-ring (bicyclic) bond motifs is 1. The predicted molar refractivity (Wildman–Crippen MR) is 133 cm³/mol. The molecule has 2 amide bonds. The lowest BCUT2D eigenvalue weighted by molar-refractivity contribution is 0.102. The summed E-state index contributed by atoms with van der Waals surface area (Å²) in [6.07, 6.45) is 2.63. The lowest BCUT2D eigenvalue weighted by atomic mass is 9.72. The van der Waals surface area contributed by atoms with Crippen molar-refractivity contribution in [2.45, 2.75) is 47.0 Å². The Morgan fingerprint density at radius 1 is 1.00 bits per heavy atom. The van der Waals surface area contributed by atoms with E-state index in [1.54, 1.807) is 12.1 Å². The number of rotatable bonds is 4. The second-order valence-corrected chi connectivity index (χ2v) is 10.8. The van der Waals surface area contributed by atoms with Crippen LogP contribution in [-0.4, -0.2) is 11.8 Å². The van der Waals surface area contributed by atoms with Crippen molar-refractivity contribution in [2.24, 2.45) is 11.3 Å². The molecule has 1 heterocycles. The second kappa shape index (κ2) is 9.10. The van der Waals surface area contributed by atoms with E-state index in [1.165, 1.54) is 23.5 Å². The molecule has 1 aromatic heterocycles. The van der Waals surface area contributed by atoms with Gasteiger partial charge in [-0.15, -0.1) is 11.3 Å². The van der Waals surface area contributed by atoms with Crippen molar-refractivity contribution in [1.82, 2.24) is 0 Å². The molecule has 1 unspecified atom stereocenters. The van der Waals surface area contributed by atoms with Gasteiger partial charge in [0, 0.05) is 10.6 Å². The molecule has 0 fully saturated rings. The van der Waals surface area contributed by atoms with E-state index in [2.05, 4.69) is 31.4 Å². The van der Waals surface area contributed by atoms with Crippen LogP contribution >= 0.6 is 11.3 Å². The summed E-state index contributed by atoms with van der Waals surface area (Å²) in [5, 5.41) is 6.33. The molecule has 0 aliphatic heterocycles. The highest BCUT2D eigenvalue weighted by atomic mass is 32.1. The van der Waals surface area contributed by atoms with Gasteiger partial charge in [0.1, 0.15) is 10.8 Å². The number of nitrogens with one attached hydrogen (secondary N) is 2. The standard InChI is InChI=1S/C27H29FN2O2S/c1-16-9-5-8-12-21(16)29-25(32)23-19-14-13-17(27(2,3)4)15-22(19)33-26(23)30-24(31)18-10-6-7-11-20(18)28/h5-12,17H,13-15H2,1-4H3,(H,29,32)(H,30,31). The van der Waals surface area contributed by atoms with Gasteiger partial charge in [-0.2, -0.15) is 0 Å². The van der Waals surface area contributed by atoms with Gasteiger partial charge in [-0.1, -0.05) is 51.1 Å². The molecule has 2 aromatic carbocycles. The number of hydrogen-bond donors (Lipinski definition) is 2. The largest absolute Gasteiger partial charge is 0.322 e. The van der Waals surface area contributed by atoms with Crippen molar-refractivity contribution in [3.63, 3.8) is 0 Å². The van der Waals surface area contributed by atoms with Crippen LogP contribution in [0.5, 0.6) is 0 Å². The van der Waals surface area contributed by atoms with E-state index in [1.807, 2.05) is 31.2 Å². The van der Waals surface area contributed by atoms with E-state index in [0.29, 0.717) is 16.5 Å². The van der Waals surface area contributed by atoms with Crippen LogP contribution in [0.25, 0.3) is 0 Å². The fourth-order valence-corrected chi connectivity index (χ4v) is 5.69. The van der Waals surface area contributed by atoms with Gasteiger partial charge in [-0.25, -0.2) is 4.39 Å². The fourth-order valence-electron chi connectivity index (χ4n) is 4.37. The molecule has 1 aliphatic rings. The third-order valence-corrected chi connectivity index (χ3v) is 7.63. The van der Waals surface area contributed by atoms with E-state index < -0.39 is 11.7 Å². The van der Waals surface area contributed by atoms with Crippen molar-refractivity contribution >= 4 is 33.8 Å². The average Bonchev–Trinajstić information content (AvgIpc) is 3.12. The summed E-state index contributed by atoms with van der Waals surface area (Å²) in [6.45, 7) is 8.66. The third-order valence-electron chi connectivity index (χ3n) is 6.46. The molecule has 172 valence electrons. The van der Waals surface area contributed by atoms with Gasteiger partial charge in [0.2, 0.25) is 0 Å². The minimum atomic E-state index is -0.588. The summed E-state index contributed by atoms with van der Waals surface area (Å²) in [7, 11) is 0. The van der Waals surface area contributed by atoms with Gasteiger partial charge in [0.05, 0.1) is 11.1 Å². The molecule has 3 aromatic rings. The first-order valence-corrected chi connectivity index (χ1v) is 12.0. The Hall–Kier alpha value is -2.99. The first-order chi connectivity index (χ1) is 15.6. The SMILES string of the molecule is Cc1ccccc1NC(=O)c1c(NC(=O)c2ccccc2F)sc2c1CCC(C(C)(C)C)C2. The van der Waals surface area contributed by atoms with Gasteiger partial charge in [-0.05, 0) is 66.8 Å². The molecule has 33 heavy (non-hydrogen) atoms. The molecule has 0 spiro atoms. The summed E-state index contributed by atoms with van der Waals surface area (Å²) in [4.78, 5) is 27.5. The number of para-hydroxylation sites is 1. The van der Waals surface area contributed by atoms with Crippen molar-refractivity contribution in [3.8, 4) is 0 Å². The highest BCUT2D eigenvalue weighted by molar-refractivity contribution is 7.17. The monoisotopic (exact) mass is 464 g/mol. The van der Waals surface area contributed by atoms with E-state index in [4.69, 9.17) is 0 Å². The maximum atomic E-state index is 14.2. The lowest BCUT2D eigenvalue weighted by Crippen LogP contribution is -2.27. The Bertz CT molecular complexity index is 1210. The van der Waals surface area contributed by atoms with Gasteiger partial charge >= 0.3 is 0 Å². The van der Waals surface area contributed by atoms with Crippen LogP contribution in [-0.2, 0) is 12.8 Å². The zero-order chi connectivity index (χ0) is 23.8. The van der Waals surface area contributed by atoms with E-state index in [-0.39, 0.29) is 16.9 Å². The van der Waals surface area contributed by atoms with Crippen molar-refractivity contribution in [3.05, 3.63) is 81.5 Å². The first-order valence-electron chi connectivity index (χ1n) is 11.2. The molecular formula is C27H29FN2O2S. The number of benzene rings is 2. The highest BCUT2D eigenvalue weighted by Gasteiger charge is 2.34.